The average Bonchev–Trinajstić information content (AvgIpc) is 3.33. The molecule has 3 rings (SSSR count). The molecular formula is C16H23N3O5S. The van der Waals surface area contributed by atoms with Crippen molar-refractivity contribution in [3.8, 4) is 0 Å². The Morgan fingerprint density at radius 2 is 1.64 bits per heavy atom. The van der Waals surface area contributed by atoms with E-state index in [1.54, 1.807) is 21.9 Å². The Balaban J connectivity index is 1.46. The smallest absolute Gasteiger partial charge is 0.289 e. The van der Waals surface area contributed by atoms with Crippen molar-refractivity contribution in [3.63, 3.8) is 0 Å². The van der Waals surface area contributed by atoms with Gasteiger partial charge in [0.1, 0.15) is 0 Å². The first kappa shape index (κ1) is 17.9. The highest BCUT2D eigenvalue weighted by atomic mass is 32.2. The van der Waals surface area contributed by atoms with E-state index >= 15 is 0 Å². The molecule has 0 aromatic carbocycles. The van der Waals surface area contributed by atoms with Crippen molar-refractivity contribution in [1.82, 2.24) is 14.1 Å². The molecule has 1 aromatic rings. The number of hydrogen-bond acceptors (Lipinski definition) is 5. The Kier molecular flexibility index (Phi) is 5.43. The Morgan fingerprint density at radius 3 is 2.24 bits per heavy atom. The van der Waals surface area contributed by atoms with Gasteiger partial charge in [0.15, 0.2) is 5.76 Å². The van der Waals surface area contributed by atoms with Crippen molar-refractivity contribution in [3.05, 3.63) is 24.2 Å². The van der Waals surface area contributed by atoms with E-state index in [9.17, 15) is 18.0 Å². The number of sulfonamides is 1. The Hall–Kier alpha value is -1.87. The van der Waals surface area contributed by atoms with Gasteiger partial charge in [0.25, 0.3) is 5.91 Å². The fraction of sp³-hybridized carbons (Fsp3) is 0.625. The maximum Gasteiger partial charge on any atom is 0.289 e. The first-order valence-electron chi connectivity index (χ1n) is 8.56. The summed E-state index contributed by atoms with van der Waals surface area (Å²) >= 11 is 0. The van der Waals surface area contributed by atoms with E-state index in [4.69, 9.17) is 4.42 Å². The van der Waals surface area contributed by atoms with E-state index in [1.165, 1.54) is 10.6 Å². The lowest BCUT2D eigenvalue weighted by Crippen LogP contribution is -2.50. The van der Waals surface area contributed by atoms with Crippen molar-refractivity contribution in [1.29, 1.82) is 0 Å². The van der Waals surface area contributed by atoms with Crippen molar-refractivity contribution in [2.24, 2.45) is 0 Å². The predicted molar refractivity (Wildman–Crippen MR) is 90.4 cm³/mol. The van der Waals surface area contributed by atoms with E-state index in [2.05, 4.69) is 0 Å². The standard InChI is InChI=1S/C16H23N3O5S/c20-15(5-13-25(22,23)19-6-1-2-7-19)17-8-10-18(11-9-17)16(21)14-4-3-12-24-14/h3-4,12H,1-2,5-11,13H2. The molecule has 0 N–H and O–H groups in total. The minimum atomic E-state index is -3.34. The third-order valence-electron chi connectivity index (χ3n) is 4.68. The van der Waals surface area contributed by atoms with Crippen LogP contribution in [0, 0.1) is 0 Å². The zero-order chi connectivity index (χ0) is 17.9. The summed E-state index contributed by atoms with van der Waals surface area (Å²) in [6.07, 6.45) is 3.22. The van der Waals surface area contributed by atoms with Crippen LogP contribution in [0.4, 0.5) is 0 Å². The monoisotopic (exact) mass is 369 g/mol. The largest absolute Gasteiger partial charge is 0.459 e. The number of amides is 2. The van der Waals surface area contributed by atoms with E-state index in [-0.39, 0.29) is 29.7 Å². The molecule has 8 nitrogen and oxygen atoms in total. The molecule has 2 amide bonds. The number of piperazine rings is 1. The molecular weight excluding hydrogens is 346 g/mol. The summed E-state index contributed by atoms with van der Waals surface area (Å²) in [5.74, 6) is -0.213. The van der Waals surface area contributed by atoms with Crippen LogP contribution >= 0.6 is 0 Å². The first-order valence-corrected chi connectivity index (χ1v) is 10.2. The highest BCUT2D eigenvalue weighted by Gasteiger charge is 2.29. The summed E-state index contributed by atoms with van der Waals surface area (Å²) in [7, 11) is -3.34. The number of rotatable bonds is 5. The third-order valence-corrected chi connectivity index (χ3v) is 6.56. The van der Waals surface area contributed by atoms with Crippen LogP contribution in [0.1, 0.15) is 29.8 Å². The van der Waals surface area contributed by atoms with Crippen LogP contribution in [-0.4, -0.2) is 79.4 Å². The molecule has 25 heavy (non-hydrogen) atoms. The minimum Gasteiger partial charge on any atom is -0.459 e. The molecule has 2 saturated heterocycles. The van der Waals surface area contributed by atoms with Gasteiger partial charge in [0, 0.05) is 45.7 Å². The second kappa shape index (κ2) is 7.57. The van der Waals surface area contributed by atoms with Crippen LogP contribution < -0.4 is 0 Å². The molecule has 0 spiro atoms. The molecule has 0 unspecified atom stereocenters. The van der Waals surface area contributed by atoms with Gasteiger partial charge in [-0.15, -0.1) is 0 Å². The van der Waals surface area contributed by atoms with E-state index in [0.717, 1.165) is 12.8 Å². The molecule has 0 bridgehead atoms. The summed E-state index contributed by atoms with van der Waals surface area (Å²) < 4.78 is 30.9. The predicted octanol–water partition coefficient (Wildman–Crippen LogP) is 0.380. The van der Waals surface area contributed by atoms with Crippen molar-refractivity contribution in [2.75, 3.05) is 45.0 Å². The quantitative estimate of drug-likeness (QED) is 0.748. The van der Waals surface area contributed by atoms with Gasteiger partial charge in [-0.1, -0.05) is 0 Å². The summed E-state index contributed by atoms with van der Waals surface area (Å²) in [5.41, 5.74) is 0. The average molecular weight is 369 g/mol. The summed E-state index contributed by atoms with van der Waals surface area (Å²) in [6, 6.07) is 3.27. The summed E-state index contributed by atoms with van der Waals surface area (Å²) in [6.45, 7) is 2.78. The fourth-order valence-electron chi connectivity index (χ4n) is 3.18. The van der Waals surface area contributed by atoms with Crippen LogP contribution in [0.25, 0.3) is 0 Å². The van der Waals surface area contributed by atoms with E-state index in [0.29, 0.717) is 39.3 Å². The van der Waals surface area contributed by atoms with Gasteiger partial charge in [0.05, 0.1) is 12.0 Å². The Labute approximate surface area is 147 Å². The van der Waals surface area contributed by atoms with E-state index < -0.39 is 10.0 Å². The molecule has 2 aliphatic rings. The van der Waals surface area contributed by atoms with Gasteiger partial charge >= 0.3 is 0 Å². The number of carbonyl (C=O) groups excluding carboxylic acids is 2. The molecule has 0 atom stereocenters. The highest BCUT2D eigenvalue weighted by molar-refractivity contribution is 7.89. The molecule has 2 aliphatic heterocycles. The van der Waals surface area contributed by atoms with Crippen molar-refractivity contribution >= 4 is 21.8 Å². The number of hydrogen-bond donors (Lipinski definition) is 0. The number of carbonyl (C=O) groups is 2. The lowest BCUT2D eigenvalue weighted by molar-refractivity contribution is -0.132. The fourth-order valence-corrected chi connectivity index (χ4v) is 4.69. The second-order valence-corrected chi connectivity index (χ2v) is 8.41. The molecule has 0 saturated carbocycles. The number of nitrogens with zero attached hydrogens (tertiary/aromatic N) is 3. The van der Waals surface area contributed by atoms with Crippen LogP contribution in [0.2, 0.25) is 0 Å². The lowest BCUT2D eigenvalue weighted by atomic mass is 10.2. The van der Waals surface area contributed by atoms with Gasteiger partial charge in [-0.25, -0.2) is 12.7 Å². The van der Waals surface area contributed by atoms with Crippen molar-refractivity contribution < 1.29 is 22.4 Å². The summed E-state index contributed by atoms with van der Waals surface area (Å²) in [5, 5.41) is 0. The van der Waals surface area contributed by atoms with Crippen LogP contribution in [0.3, 0.4) is 0 Å². The van der Waals surface area contributed by atoms with E-state index in [1.807, 2.05) is 0 Å². The first-order chi connectivity index (χ1) is 12.0. The minimum absolute atomic E-state index is 0.00896. The summed E-state index contributed by atoms with van der Waals surface area (Å²) in [4.78, 5) is 27.7. The Bertz CT molecular complexity index is 702. The zero-order valence-corrected chi connectivity index (χ0v) is 14.9. The molecule has 1 aromatic heterocycles. The van der Waals surface area contributed by atoms with Crippen LogP contribution in [-0.2, 0) is 14.8 Å². The zero-order valence-electron chi connectivity index (χ0n) is 14.1. The molecule has 3 heterocycles. The molecule has 2 fully saturated rings. The highest BCUT2D eigenvalue weighted by Crippen LogP contribution is 2.15. The topological polar surface area (TPSA) is 91.1 Å². The molecule has 9 heteroatoms. The Morgan fingerprint density at radius 1 is 1.00 bits per heavy atom. The SMILES string of the molecule is O=C(CCS(=O)(=O)N1CCCC1)N1CCN(C(=O)c2ccco2)CC1. The second-order valence-electron chi connectivity index (χ2n) is 6.32. The third kappa shape index (κ3) is 4.21. The number of furan rings is 1. The normalized spacial score (nSPS) is 19.4. The van der Waals surface area contributed by atoms with Crippen molar-refractivity contribution in [2.45, 2.75) is 19.3 Å². The molecule has 0 aliphatic carbocycles. The molecule has 0 radical (unpaired) electrons. The molecule has 138 valence electrons. The maximum atomic E-state index is 12.3. The van der Waals surface area contributed by atoms with Gasteiger partial charge in [0.2, 0.25) is 15.9 Å². The van der Waals surface area contributed by atoms with Gasteiger partial charge in [-0.3, -0.25) is 9.59 Å². The maximum absolute atomic E-state index is 12.3. The van der Waals surface area contributed by atoms with Crippen LogP contribution in [0.5, 0.6) is 0 Å². The van der Waals surface area contributed by atoms with Gasteiger partial charge < -0.3 is 14.2 Å². The van der Waals surface area contributed by atoms with Gasteiger partial charge in [-0.05, 0) is 25.0 Å². The lowest BCUT2D eigenvalue weighted by Gasteiger charge is -2.34. The van der Waals surface area contributed by atoms with Gasteiger partial charge in [-0.2, -0.15) is 0 Å². The van der Waals surface area contributed by atoms with Crippen LogP contribution in [0.15, 0.2) is 22.8 Å².